The molecule has 0 aliphatic heterocycles. The van der Waals surface area contributed by atoms with E-state index >= 15 is 0 Å². The van der Waals surface area contributed by atoms with Crippen molar-refractivity contribution in [3.05, 3.63) is 39.4 Å². The summed E-state index contributed by atoms with van der Waals surface area (Å²) in [7, 11) is 0. The highest BCUT2D eigenvalue weighted by Crippen LogP contribution is 2.19. The highest BCUT2D eigenvalue weighted by Gasteiger charge is 2.11. The molecule has 4 nitrogen and oxygen atoms in total. The second-order valence-corrected chi connectivity index (χ2v) is 3.84. The lowest BCUT2D eigenvalue weighted by molar-refractivity contribution is -0.385. The molecule has 0 saturated heterocycles. The fourth-order valence-corrected chi connectivity index (χ4v) is 1.63. The molecule has 0 aliphatic carbocycles. The number of Topliss-reactive ketones (excluding diaryl/α,β-unsaturated/α-hetero) is 1. The number of nitrogens with zero attached hydrogens (tertiary/aromatic N) is 1. The van der Waals surface area contributed by atoms with Crippen LogP contribution in [0, 0.1) is 17.0 Å². The normalized spacial score (nSPS) is 10.1. The van der Waals surface area contributed by atoms with Gasteiger partial charge in [0.05, 0.1) is 4.92 Å². The first kappa shape index (κ1) is 12.4. The van der Waals surface area contributed by atoms with Crippen LogP contribution in [0.3, 0.4) is 0 Å². The third-order valence-corrected chi connectivity index (χ3v) is 2.39. The molecule has 0 unspecified atom stereocenters. The van der Waals surface area contributed by atoms with E-state index in [1.165, 1.54) is 6.07 Å². The molecule has 0 heterocycles. The molecule has 1 aromatic rings. The summed E-state index contributed by atoms with van der Waals surface area (Å²) in [6, 6.07) is 4.83. The zero-order valence-corrected chi connectivity index (χ0v) is 9.53. The van der Waals surface area contributed by atoms with Gasteiger partial charge in [-0.05, 0) is 25.0 Å². The smallest absolute Gasteiger partial charge is 0.272 e. The van der Waals surface area contributed by atoms with Gasteiger partial charge in [-0.3, -0.25) is 14.9 Å². The Morgan fingerprint density at radius 2 is 2.12 bits per heavy atom. The second-order valence-electron chi connectivity index (χ2n) is 3.84. The molecule has 0 radical (unpaired) electrons. The summed E-state index contributed by atoms with van der Waals surface area (Å²) in [6.45, 7) is 3.64. The topological polar surface area (TPSA) is 60.2 Å². The first-order valence-corrected chi connectivity index (χ1v) is 5.30. The Labute approximate surface area is 94.4 Å². The number of hydrogen-bond acceptors (Lipinski definition) is 3. The summed E-state index contributed by atoms with van der Waals surface area (Å²) in [6.07, 6.45) is 1.77. The summed E-state index contributed by atoms with van der Waals surface area (Å²) in [4.78, 5) is 21.6. The first-order chi connectivity index (χ1) is 7.54. The monoisotopic (exact) mass is 221 g/mol. The number of ketones is 1. The molecule has 1 rings (SSSR count). The van der Waals surface area contributed by atoms with Crippen LogP contribution in [0.5, 0.6) is 0 Å². The third-order valence-electron chi connectivity index (χ3n) is 2.39. The number of rotatable bonds is 5. The SMILES string of the molecule is CCCC(=O)Cc1ccc([N+](=O)[O-])c(C)c1. The maximum absolute atomic E-state index is 11.4. The van der Waals surface area contributed by atoms with E-state index in [9.17, 15) is 14.9 Å². The fraction of sp³-hybridized carbons (Fsp3) is 0.417. The van der Waals surface area contributed by atoms with Gasteiger partial charge in [0, 0.05) is 24.5 Å². The number of nitro groups is 1. The van der Waals surface area contributed by atoms with Crippen LogP contribution >= 0.6 is 0 Å². The van der Waals surface area contributed by atoms with Gasteiger partial charge in [0.2, 0.25) is 0 Å². The van der Waals surface area contributed by atoms with Crippen LogP contribution in [-0.2, 0) is 11.2 Å². The van der Waals surface area contributed by atoms with Crippen LogP contribution in [-0.4, -0.2) is 10.7 Å². The van der Waals surface area contributed by atoms with Gasteiger partial charge in [-0.15, -0.1) is 0 Å². The summed E-state index contributed by atoms with van der Waals surface area (Å²) >= 11 is 0. The zero-order valence-electron chi connectivity index (χ0n) is 9.53. The maximum Gasteiger partial charge on any atom is 0.272 e. The molecule has 0 aromatic heterocycles. The summed E-state index contributed by atoms with van der Waals surface area (Å²) < 4.78 is 0. The van der Waals surface area contributed by atoms with E-state index in [-0.39, 0.29) is 11.5 Å². The second kappa shape index (κ2) is 5.39. The Balaban J connectivity index is 2.81. The third kappa shape index (κ3) is 3.15. The molecular weight excluding hydrogens is 206 g/mol. The summed E-state index contributed by atoms with van der Waals surface area (Å²) in [5.74, 6) is 0.177. The van der Waals surface area contributed by atoms with Crippen LogP contribution in [0.1, 0.15) is 30.9 Å². The average Bonchev–Trinajstić information content (AvgIpc) is 2.17. The lowest BCUT2D eigenvalue weighted by Crippen LogP contribution is -2.02. The Morgan fingerprint density at radius 3 is 2.62 bits per heavy atom. The van der Waals surface area contributed by atoms with Gasteiger partial charge in [-0.2, -0.15) is 0 Å². The van der Waals surface area contributed by atoms with Crippen molar-refractivity contribution in [2.24, 2.45) is 0 Å². The van der Waals surface area contributed by atoms with E-state index in [0.717, 1.165) is 12.0 Å². The zero-order chi connectivity index (χ0) is 12.1. The van der Waals surface area contributed by atoms with Gasteiger partial charge in [0.15, 0.2) is 0 Å². The van der Waals surface area contributed by atoms with Crippen molar-refractivity contribution in [1.82, 2.24) is 0 Å². The van der Waals surface area contributed by atoms with E-state index < -0.39 is 4.92 Å². The number of nitro benzene ring substituents is 1. The molecule has 0 bridgehead atoms. The van der Waals surface area contributed by atoms with Gasteiger partial charge >= 0.3 is 0 Å². The largest absolute Gasteiger partial charge is 0.299 e. The molecule has 0 spiro atoms. The minimum absolute atomic E-state index is 0.103. The molecule has 1 aromatic carbocycles. The number of aryl methyl sites for hydroxylation is 1. The highest BCUT2D eigenvalue weighted by atomic mass is 16.6. The highest BCUT2D eigenvalue weighted by molar-refractivity contribution is 5.80. The predicted molar refractivity (Wildman–Crippen MR) is 61.5 cm³/mol. The van der Waals surface area contributed by atoms with Gasteiger partial charge in [0.25, 0.3) is 5.69 Å². The van der Waals surface area contributed by atoms with E-state index in [4.69, 9.17) is 0 Å². The molecule has 0 N–H and O–H groups in total. The van der Waals surface area contributed by atoms with Gasteiger partial charge < -0.3 is 0 Å². The lowest BCUT2D eigenvalue weighted by Gasteiger charge is -2.02. The van der Waals surface area contributed by atoms with Crippen molar-refractivity contribution < 1.29 is 9.72 Å². The van der Waals surface area contributed by atoms with Crippen LogP contribution in [0.4, 0.5) is 5.69 Å². The molecule has 0 saturated carbocycles. The molecular formula is C12H15NO3. The van der Waals surface area contributed by atoms with Gasteiger partial charge in [-0.25, -0.2) is 0 Å². The molecule has 16 heavy (non-hydrogen) atoms. The molecule has 86 valence electrons. The quantitative estimate of drug-likeness (QED) is 0.567. The van der Waals surface area contributed by atoms with Gasteiger partial charge in [-0.1, -0.05) is 13.0 Å². The molecule has 0 atom stereocenters. The van der Waals surface area contributed by atoms with Crippen molar-refractivity contribution in [2.75, 3.05) is 0 Å². The number of carbonyl (C=O) groups is 1. The van der Waals surface area contributed by atoms with E-state index in [0.29, 0.717) is 18.4 Å². The van der Waals surface area contributed by atoms with Crippen molar-refractivity contribution >= 4 is 11.5 Å². The van der Waals surface area contributed by atoms with Crippen LogP contribution in [0.15, 0.2) is 18.2 Å². The van der Waals surface area contributed by atoms with Crippen LogP contribution in [0.25, 0.3) is 0 Å². The van der Waals surface area contributed by atoms with E-state index in [2.05, 4.69) is 0 Å². The standard InChI is InChI=1S/C12H15NO3/c1-3-4-11(14)8-10-5-6-12(13(15)16)9(2)7-10/h5-7H,3-4,8H2,1-2H3. The Morgan fingerprint density at radius 1 is 1.44 bits per heavy atom. The Kier molecular flexibility index (Phi) is 4.17. The van der Waals surface area contributed by atoms with Crippen molar-refractivity contribution in [2.45, 2.75) is 33.1 Å². The number of benzene rings is 1. The Hall–Kier alpha value is -1.71. The van der Waals surface area contributed by atoms with Crippen LogP contribution < -0.4 is 0 Å². The molecule has 0 fully saturated rings. The van der Waals surface area contributed by atoms with E-state index in [1.807, 2.05) is 6.92 Å². The minimum Gasteiger partial charge on any atom is -0.299 e. The predicted octanol–water partition coefficient (Wildman–Crippen LogP) is 2.81. The Bertz CT molecular complexity index is 413. The lowest BCUT2D eigenvalue weighted by atomic mass is 10.0. The van der Waals surface area contributed by atoms with E-state index in [1.54, 1.807) is 19.1 Å². The average molecular weight is 221 g/mol. The van der Waals surface area contributed by atoms with Crippen LogP contribution in [0.2, 0.25) is 0 Å². The number of carbonyl (C=O) groups excluding carboxylic acids is 1. The molecule has 0 aliphatic rings. The fourth-order valence-electron chi connectivity index (χ4n) is 1.63. The maximum atomic E-state index is 11.4. The molecule has 4 heteroatoms. The number of hydrogen-bond donors (Lipinski definition) is 0. The first-order valence-electron chi connectivity index (χ1n) is 5.30. The van der Waals surface area contributed by atoms with Crippen molar-refractivity contribution in [1.29, 1.82) is 0 Å². The van der Waals surface area contributed by atoms with Gasteiger partial charge in [0.1, 0.15) is 5.78 Å². The summed E-state index contributed by atoms with van der Waals surface area (Å²) in [5, 5.41) is 10.6. The molecule has 0 amide bonds. The van der Waals surface area contributed by atoms with Crippen molar-refractivity contribution in [3.8, 4) is 0 Å². The van der Waals surface area contributed by atoms with Crippen molar-refractivity contribution in [3.63, 3.8) is 0 Å². The summed E-state index contributed by atoms with van der Waals surface area (Å²) in [5.41, 5.74) is 1.56. The minimum atomic E-state index is -0.410.